The third-order valence-corrected chi connectivity index (χ3v) is 6.11. The predicted molar refractivity (Wildman–Crippen MR) is 114 cm³/mol. The van der Waals surface area contributed by atoms with E-state index in [0.717, 1.165) is 13.1 Å². The van der Waals surface area contributed by atoms with E-state index in [0.29, 0.717) is 19.5 Å². The SMILES string of the molecule is CC[C@H](C)[C@H](NC(=O)N1CC[NH+](C(c2ccccc2)c2ccccc2)CC1)C(=O)[O-]. The van der Waals surface area contributed by atoms with Gasteiger partial charge in [0.05, 0.1) is 38.2 Å². The van der Waals surface area contributed by atoms with Gasteiger partial charge in [0.25, 0.3) is 0 Å². The molecule has 2 N–H and O–H groups in total. The van der Waals surface area contributed by atoms with Gasteiger partial charge in [-0.1, -0.05) is 80.9 Å². The molecule has 0 bridgehead atoms. The van der Waals surface area contributed by atoms with E-state index in [1.165, 1.54) is 16.0 Å². The van der Waals surface area contributed by atoms with Crippen molar-refractivity contribution >= 4 is 12.0 Å². The molecule has 0 saturated carbocycles. The Labute approximate surface area is 178 Å². The maximum atomic E-state index is 12.7. The molecule has 0 unspecified atom stereocenters. The number of carbonyl (C=O) groups excluding carboxylic acids is 2. The van der Waals surface area contributed by atoms with Crippen LogP contribution in [0.1, 0.15) is 37.4 Å². The number of quaternary nitrogens is 1. The molecular weight excluding hydrogens is 378 g/mol. The molecule has 6 nitrogen and oxygen atoms in total. The van der Waals surface area contributed by atoms with Crippen LogP contribution in [0, 0.1) is 5.92 Å². The first-order chi connectivity index (χ1) is 14.5. The summed E-state index contributed by atoms with van der Waals surface area (Å²) in [6.07, 6.45) is 0.659. The van der Waals surface area contributed by atoms with Gasteiger partial charge >= 0.3 is 6.03 Å². The fourth-order valence-corrected chi connectivity index (χ4v) is 4.13. The highest BCUT2D eigenvalue weighted by molar-refractivity contribution is 5.81. The summed E-state index contributed by atoms with van der Waals surface area (Å²) in [5.41, 5.74) is 2.51. The monoisotopic (exact) mass is 409 g/mol. The molecule has 0 aromatic heterocycles. The minimum absolute atomic E-state index is 0.175. The fraction of sp³-hybridized carbons (Fsp3) is 0.417. The highest BCUT2D eigenvalue weighted by atomic mass is 16.4. The van der Waals surface area contributed by atoms with E-state index in [1.807, 2.05) is 26.0 Å². The minimum atomic E-state index is -1.23. The van der Waals surface area contributed by atoms with Gasteiger partial charge in [0, 0.05) is 11.1 Å². The molecule has 2 aromatic carbocycles. The van der Waals surface area contributed by atoms with Crippen LogP contribution in [0.15, 0.2) is 60.7 Å². The van der Waals surface area contributed by atoms with Crippen molar-refractivity contribution in [3.8, 4) is 0 Å². The highest BCUT2D eigenvalue weighted by Crippen LogP contribution is 2.19. The minimum Gasteiger partial charge on any atom is -0.548 e. The Balaban J connectivity index is 1.68. The van der Waals surface area contributed by atoms with Crippen molar-refractivity contribution in [1.29, 1.82) is 0 Å². The third-order valence-electron chi connectivity index (χ3n) is 6.11. The zero-order valence-corrected chi connectivity index (χ0v) is 17.7. The lowest BCUT2D eigenvalue weighted by Gasteiger charge is -2.38. The van der Waals surface area contributed by atoms with Crippen LogP contribution in [0.25, 0.3) is 0 Å². The van der Waals surface area contributed by atoms with Crippen LogP contribution in [0.4, 0.5) is 4.79 Å². The lowest BCUT2D eigenvalue weighted by Crippen LogP contribution is -3.15. The summed E-state index contributed by atoms with van der Waals surface area (Å²) in [5.74, 6) is -1.40. The Kier molecular flexibility index (Phi) is 7.46. The second-order valence-electron chi connectivity index (χ2n) is 8.03. The maximum Gasteiger partial charge on any atom is 0.318 e. The number of hydrogen-bond donors (Lipinski definition) is 2. The summed E-state index contributed by atoms with van der Waals surface area (Å²) in [6.45, 7) is 6.47. The van der Waals surface area contributed by atoms with Crippen LogP contribution in [0.3, 0.4) is 0 Å². The lowest BCUT2D eigenvalue weighted by atomic mass is 9.96. The van der Waals surface area contributed by atoms with Gasteiger partial charge in [-0.3, -0.25) is 0 Å². The topological polar surface area (TPSA) is 76.9 Å². The van der Waals surface area contributed by atoms with Crippen LogP contribution >= 0.6 is 0 Å². The van der Waals surface area contributed by atoms with Crippen LogP contribution in [-0.4, -0.2) is 49.1 Å². The van der Waals surface area contributed by atoms with E-state index < -0.39 is 12.0 Å². The van der Waals surface area contributed by atoms with Gasteiger partial charge in [0.2, 0.25) is 0 Å². The van der Waals surface area contributed by atoms with Crippen LogP contribution < -0.4 is 15.3 Å². The zero-order valence-electron chi connectivity index (χ0n) is 17.7. The van der Waals surface area contributed by atoms with Crippen molar-refractivity contribution in [2.24, 2.45) is 5.92 Å². The number of hydrogen-bond acceptors (Lipinski definition) is 3. The number of carbonyl (C=O) groups is 2. The highest BCUT2D eigenvalue weighted by Gasteiger charge is 2.32. The first kappa shape index (κ1) is 21.8. The number of urea groups is 1. The molecule has 1 saturated heterocycles. The summed E-state index contributed by atoms with van der Waals surface area (Å²) in [6, 6.07) is 19.8. The quantitative estimate of drug-likeness (QED) is 0.712. The maximum absolute atomic E-state index is 12.7. The Morgan fingerprint density at radius 2 is 1.50 bits per heavy atom. The molecule has 6 heteroatoms. The van der Waals surface area contributed by atoms with Crippen molar-refractivity contribution in [3.05, 3.63) is 71.8 Å². The Hall–Kier alpha value is -2.86. The number of nitrogens with one attached hydrogen (secondary N) is 2. The summed E-state index contributed by atoms with van der Waals surface area (Å²) >= 11 is 0. The standard InChI is InChI=1S/C24H31N3O3/c1-3-18(2)21(23(28)29)25-24(30)27-16-14-26(15-17-27)22(19-10-6-4-7-11-19)20-12-8-5-9-13-20/h4-13,18,21-22H,3,14-17H2,1-2H3,(H,25,30)(H,28,29)/t18-,21-/m0/s1. The number of carboxylic acids is 1. The smallest absolute Gasteiger partial charge is 0.318 e. The van der Waals surface area contributed by atoms with E-state index in [1.54, 1.807) is 4.90 Å². The fourth-order valence-electron chi connectivity index (χ4n) is 4.13. The van der Waals surface area contributed by atoms with Crippen molar-refractivity contribution < 1.29 is 19.6 Å². The molecule has 30 heavy (non-hydrogen) atoms. The molecule has 1 aliphatic rings. The molecule has 2 amide bonds. The number of aliphatic carboxylic acids is 1. The first-order valence-electron chi connectivity index (χ1n) is 10.7. The Morgan fingerprint density at radius 3 is 1.93 bits per heavy atom. The van der Waals surface area contributed by atoms with Gasteiger partial charge in [-0.2, -0.15) is 0 Å². The van der Waals surface area contributed by atoms with Gasteiger partial charge < -0.3 is 25.0 Å². The van der Waals surface area contributed by atoms with Crippen molar-refractivity contribution in [1.82, 2.24) is 10.2 Å². The second-order valence-corrected chi connectivity index (χ2v) is 8.03. The third kappa shape index (κ3) is 5.19. The molecule has 1 fully saturated rings. The molecule has 2 atom stereocenters. The number of nitrogens with zero attached hydrogens (tertiary/aromatic N) is 1. The number of rotatable bonds is 7. The number of benzene rings is 2. The Bertz CT molecular complexity index is 781. The average molecular weight is 410 g/mol. The molecular formula is C24H31N3O3. The van der Waals surface area contributed by atoms with Gasteiger partial charge in [0.15, 0.2) is 0 Å². The first-order valence-corrected chi connectivity index (χ1v) is 10.7. The van der Waals surface area contributed by atoms with E-state index in [2.05, 4.69) is 53.8 Å². The van der Waals surface area contributed by atoms with E-state index in [4.69, 9.17) is 0 Å². The van der Waals surface area contributed by atoms with Gasteiger partial charge in [-0.25, -0.2) is 4.79 Å². The van der Waals surface area contributed by atoms with Gasteiger partial charge in [-0.05, 0) is 5.92 Å². The largest absolute Gasteiger partial charge is 0.548 e. The average Bonchev–Trinajstić information content (AvgIpc) is 2.78. The normalized spacial score (nSPS) is 16.8. The summed E-state index contributed by atoms with van der Waals surface area (Å²) < 4.78 is 0. The molecule has 0 aliphatic carbocycles. The second kappa shape index (κ2) is 10.3. The van der Waals surface area contributed by atoms with Gasteiger partial charge in [0.1, 0.15) is 6.04 Å². The number of piperazine rings is 1. The van der Waals surface area contributed by atoms with Crippen molar-refractivity contribution in [2.45, 2.75) is 32.4 Å². The number of amides is 2. The van der Waals surface area contributed by atoms with Crippen LogP contribution in [0.5, 0.6) is 0 Å². The molecule has 1 aliphatic heterocycles. The van der Waals surface area contributed by atoms with Crippen LogP contribution in [0.2, 0.25) is 0 Å². The molecule has 2 aromatic rings. The van der Waals surface area contributed by atoms with E-state index in [9.17, 15) is 14.7 Å². The molecule has 160 valence electrons. The van der Waals surface area contributed by atoms with Crippen molar-refractivity contribution in [2.75, 3.05) is 26.2 Å². The summed E-state index contributed by atoms with van der Waals surface area (Å²) in [7, 11) is 0. The predicted octanol–water partition coefficient (Wildman–Crippen LogP) is 0.851. The molecule has 1 heterocycles. The van der Waals surface area contributed by atoms with Crippen molar-refractivity contribution in [3.63, 3.8) is 0 Å². The Morgan fingerprint density at radius 1 is 1.00 bits per heavy atom. The van der Waals surface area contributed by atoms with Crippen LogP contribution in [-0.2, 0) is 4.79 Å². The summed E-state index contributed by atoms with van der Waals surface area (Å²) in [4.78, 5) is 27.2. The molecule has 3 rings (SSSR count). The molecule has 0 spiro atoms. The van der Waals surface area contributed by atoms with Gasteiger partial charge in [-0.15, -0.1) is 0 Å². The van der Waals surface area contributed by atoms with E-state index >= 15 is 0 Å². The lowest BCUT2D eigenvalue weighted by molar-refractivity contribution is -0.929. The zero-order chi connectivity index (χ0) is 21.5. The van der Waals surface area contributed by atoms with E-state index in [-0.39, 0.29) is 18.0 Å². The number of carboxylic acid groups (broad SMARTS) is 1. The molecule has 0 radical (unpaired) electrons. The summed E-state index contributed by atoms with van der Waals surface area (Å²) in [5, 5.41) is 14.1.